The number of nitrogens with two attached hydrogens (primary N) is 1. The molecule has 0 spiro atoms. The van der Waals surface area contributed by atoms with E-state index in [1.54, 1.807) is 0 Å². The lowest BCUT2D eigenvalue weighted by Crippen LogP contribution is -2.39. The third kappa shape index (κ3) is 2.45. The lowest BCUT2D eigenvalue weighted by Gasteiger charge is -2.25. The number of rotatable bonds is 4. The van der Waals surface area contributed by atoms with Crippen LogP contribution in [0.2, 0.25) is 0 Å². The summed E-state index contributed by atoms with van der Waals surface area (Å²) in [6.07, 6.45) is 2.28. The van der Waals surface area contributed by atoms with Crippen molar-refractivity contribution in [2.24, 2.45) is 5.73 Å². The summed E-state index contributed by atoms with van der Waals surface area (Å²) in [6.45, 7) is 5.98. The van der Waals surface area contributed by atoms with Crippen molar-refractivity contribution in [1.29, 1.82) is 0 Å². The summed E-state index contributed by atoms with van der Waals surface area (Å²) >= 11 is 0. The third-order valence-electron chi connectivity index (χ3n) is 2.89. The van der Waals surface area contributed by atoms with E-state index in [4.69, 9.17) is 5.73 Å². The van der Waals surface area contributed by atoms with Gasteiger partial charge in [0.2, 0.25) is 0 Å². The molecule has 0 saturated heterocycles. The highest BCUT2D eigenvalue weighted by Gasteiger charge is 2.25. The first kappa shape index (κ1) is 11.9. The Morgan fingerprint density at radius 2 is 2.00 bits per heavy atom. The van der Waals surface area contributed by atoms with Gasteiger partial charge in [-0.2, -0.15) is 0 Å². The molecule has 0 aliphatic rings. The average Bonchev–Trinajstić information content (AvgIpc) is 2.27. The van der Waals surface area contributed by atoms with E-state index in [2.05, 4.69) is 9.97 Å². The molecule has 0 atom stereocenters. The number of hydrogen-bond acceptors (Lipinski definition) is 3. The first-order valence-electron chi connectivity index (χ1n) is 5.45. The Morgan fingerprint density at radius 3 is 2.47 bits per heavy atom. The van der Waals surface area contributed by atoms with Crippen LogP contribution in [-0.2, 0) is 12.0 Å². The molecule has 0 fully saturated rings. The fourth-order valence-electron chi connectivity index (χ4n) is 1.51. The van der Waals surface area contributed by atoms with Crippen molar-refractivity contribution in [3.05, 3.63) is 27.9 Å². The normalized spacial score (nSPS) is 11.7. The summed E-state index contributed by atoms with van der Waals surface area (Å²) in [4.78, 5) is 18.5. The minimum absolute atomic E-state index is 0.117. The van der Waals surface area contributed by atoms with Gasteiger partial charge in [-0.1, -0.05) is 20.8 Å². The second-order valence-electron chi connectivity index (χ2n) is 3.80. The van der Waals surface area contributed by atoms with E-state index in [9.17, 15) is 4.79 Å². The zero-order chi connectivity index (χ0) is 11.5. The molecule has 0 unspecified atom stereocenters. The molecule has 0 bridgehead atoms. The Labute approximate surface area is 89.9 Å². The lowest BCUT2D eigenvalue weighted by atomic mass is 9.93. The summed E-state index contributed by atoms with van der Waals surface area (Å²) in [6, 6.07) is 1.52. The van der Waals surface area contributed by atoms with Gasteiger partial charge in [0.05, 0.1) is 5.54 Å². The zero-order valence-corrected chi connectivity index (χ0v) is 9.63. The van der Waals surface area contributed by atoms with Crippen LogP contribution in [-0.4, -0.2) is 9.97 Å². The molecule has 0 aromatic carbocycles. The van der Waals surface area contributed by atoms with Gasteiger partial charge in [0.25, 0.3) is 5.56 Å². The van der Waals surface area contributed by atoms with E-state index < -0.39 is 5.54 Å². The number of aryl methyl sites for hydroxylation is 1. The molecule has 0 amide bonds. The first-order chi connectivity index (χ1) is 7.05. The second-order valence-corrected chi connectivity index (χ2v) is 3.80. The summed E-state index contributed by atoms with van der Waals surface area (Å²) in [7, 11) is 0. The molecule has 0 aliphatic heterocycles. The Bertz CT molecular complexity index is 380. The van der Waals surface area contributed by atoms with E-state index in [0.717, 1.165) is 25.0 Å². The van der Waals surface area contributed by atoms with Gasteiger partial charge in [0, 0.05) is 11.8 Å². The van der Waals surface area contributed by atoms with Gasteiger partial charge >= 0.3 is 0 Å². The Morgan fingerprint density at radius 1 is 1.40 bits per heavy atom. The largest absolute Gasteiger partial charge is 0.319 e. The summed E-state index contributed by atoms with van der Waals surface area (Å²) in [5.41, 5.74) is 6.35. The number of hydrogen-bond donors (Lipinski definition) is 2. The molecule has 3 N–H and O–H groups in total. The zero-order valence-electron chi connectivity index (χ0n) is 9.63. The molecular weight excluding hydrogens is 190 g/mol. The monoisotopic (exact) mass is 209 g/mol. The van der Waals surface area contributed by atoms with Crippen LogP contribution in [0.1, 0.15) is 45.1 Å². The maximum atomic E-state index is 11.4. The van der Waals surface area contributed by atoms with Crippen LogP contribution in [0.5, 0.6) is 0 Å². The van der Waals surface area contributed by atoms with Crippen LogP contribution in [0, 0.1) is 0 Å². The van der Waals surface area contributed by atoms with Crippen molar-refractivity contribution in [2.75, 3.05) is 0 Å². The topological polar surface area (TPSA) is 71.8 Å². The van der Waals surface area contributed by atoms with Crippen LogP contribution >= 0.6 is 0 Å². The van der Waals surface area contributed by atoms with Crippen molar-refractivity contribution in [2.45, 2.75) is 45.6 Å². The number of aromatic nitrogens is 2. The SMILES string of the molecule is CCc1cc(=O)[nH]c(C(N)(CC)CC)n1. The quantitative estimate of drug-likeness (QED) is 0.785. The van der Waals surface area contributed by atoms with Crippen molar-refractivity contribution in [3.63, 3.8) is 0 Å². The van der Waals surface area contributed by atoms with Crippen LogP contribution in [0.4, 0.5) is 0 Å². The summed E-state index contributed by atoms with van der Waals surface area (Å²) in [5.74, 6) is 0.608. The van der Waals surface area contributed by atoms with E-state index in [-0.39, 0.29) is 5.56 Å². The standard InChI is InChI=1S/C11H19N3O/c1-4-8-7-9(15)14-10(13-8)11(12,5-2)6-3/h7H,4-6,12H2,1-3H3,(H,13,14,15). The molecule has 1 aromatic rings. The number of H-pyrrole nitrogens is 1. The Kier molecular flexibility index (Phi) is 3.63. The number of aromatic amines is 1. The molecule has 0 radical (unpaired) electrons. The Balaban J connectivity index is 3.24. The minimum atomic E-state index is -0.510. The van der Waals surface area contributed by atoms with Crippen LogP contribution in [0.25, 0.3) is 0 Å². The maximum absolute atomic E-state index is 11.4. The van der Waals surface area contributed by atoms with Gasteiger partial charge in [-0.15, -0.1) is 0 Å². The molecule has 0 aliphatic carbocycles. The van der Waals surface area contributed by atoms with Gasteiger partial charge in [-0.25, -0.2) is 4.98 Å². The maximum Gasteiger partial charge on any atom is 0.251 e. The van der Waals surface area contributed by atoms with E-state index in [0.29, 0.717) is 5.82 Å². The van der Waals surface area contributed by atoms with Crippen molar-refractivity contribution in [1.82, 2.24) is 9.97 Å². The number of nitrogens with one attached hydrogen (secondary N) is 1. The van der Waals surface area contributed by atoms with Gasteiger partial charge in [-0.05, 0) is 19.3 Å². The molecule has 15 heavy (non-hydrogen) atoms. The van der Waals surface area contributed by atoms with Crippen molar-refractivity contribution >= 4 is 0 Å². The third-order valence-corrected chi connectivity index (χ3v) is 2.89. The Hall–Kier alpha value is -1.16. The average molecular weight is 209 g/mol. The summed E-state index contributed by atoms with van der Waals surface area (Å²) in [5, 5.41) is 0. The molecule has 4 heteroatoms. The van der Waals surface area contributed by atoms with Gasteiger partial charge < -0.3 is 10.7 Å². The molecule has 1 heterocycles. The smallest absolute Gasteiger partial charge is 0.251 e. The minimum Gasteiger partial charge on any atom is -0.319 e. The van der Waals surface area contributed by atoms with Crippen LogP contribution < -0.4 is 11.3 Å². The van der Waals surface area contributed by atoms with E-state index in [1.807, 2.05) is 20.8 Å². The highest BCUT2D eigenvalue weighted by atomic mass is 16.1. The molecule has 0 saturated carbocycles. The fourth-order valence-corrected chi connectivity index (χ4v) is 1.51. The van der Waals surface area contributed by atoms with Crippen LogP contribution in [0.15, 0.2) is 10.9 Å². The molecular formula is C11H19N3O. The van der Waals surface area contributed by atoms with Gasteiger partial charge in [-0.3, -0.25) is 4.79 Å². The van der Waals surface area contributed by atoms with Crippen molar-refractivity contribution < 1.29 is 0 Å². The van der Waals surface area contributed by atoms with Gasteiger partial charge in [0.15, 0.2) is 0 Å². The van der Waals surface area contributed by atoms with Crippen molar-refractivity contribution in [3.8, 4) is 0 Å². The summed E-state index contributed by atoms with van der Waals surface area (Å²) < 4.78 is 0. The molecule has 1 rings (SSSR count). The highest BCUT2D eigenvalue weighted by Crippen LogP contribution is 2.21. The predicted molar refractivity (Wildman–Crippen MR) is 60.7 cm³/mol. The molecule has 4 nitrogen and oxygen atoms in total. The second kappa shape index (κ2) is 4.57. The number of nitrogens with zero attached hydrogens (tertiary/aromatic N) is 1. The van der Waals surface area contributed by atoms with Gasteiger partial charge in [0.1, 0.15) is 5.82 Å². The highest BCUT2D eigenvalue weighted by molar-refractivity contribution is 5.09. The predicted octanol–water partition coefficient (Wildman–Crippen LogP) is 1.31. The molecule has 84 valence electrons. The fraction of sp³-hybridized carbons (Fsp3) is 0.636. The van der Waals surface area contributed by atoms with Crippen LogP contribution in [0.3, 0.4) is 0 Å². The first-order valence-corrected chi connectivity index (χ1v) is 5.45. The van der Waals surface area contributed by atoms with E-state index >= 15 is 0 Å². The molecule has 1 aromatic heterocycles. The van der Waals surface area contributed by atoms with E-state index in [1.165, 1.54) is 6.07 Å². The lowest BCUT2D eigenvalue weighted by molar-refractivity contribution is 0.384.